The first-order chi connectivity index (χ1) is 10.6. The number of nitrogens with two attached hydrogens (primary N) is 1. The molecule has 0 spiro atoms. The van der Waals surface area contributed by atoms with E-state index < -0.39 is 15.6 Å². The smallest absolute Gasteiger partial charge is 0.242 e. The van der Waals surface area contributed by atoms with E-state index >= 15 is 0 Å². The van der Waals surface area contributed by atoms with Gasteiger partial charge in [-0.25, -0.2) is 12.7 Å². The van der Waals surface area contributed by atoms with Gasteiger partial charge in [0, 0.05) is 25.3 Å². The van der Waals surface area contributed by atoms with E-state index in [9.17, 15) is 13.2 Å². The molecular formula is C16H25N3O3S. The number of carbonyl (C=O) groups excluding carboxylic acids is 1. The molecule has 0 aromatic heterocycles. The quantitative estimate of drug-likeness (QED) is 0.874. The fourth-order valence-corrected chi connectivity index (χ4v) is 3.91. The van der Waals surface area contributed by atoms with Crippen molar-refractivity contribution in [1.82, 2.24) is 4.31 Å². The van der Waals surface area contributed by atoms with Gasteiger partial charge in [0.1, 0.15) is 0 Å². The van der Waals surface area contributed by atoms with Gasteiger partial charge in [0.05, 0.1) is 10.8 Å². The van der Waals surface area contributed by atoms with E-state index in [0.717, 1.165) is 30.0 Å². The van der Waals surface area contributed by atoms with Crippen LogP contribution < -0.4 is 11.1 Å². The highest BCUT2D eigenvalue weighted by molar-refractivity contribution is 7.89. The highest BCUT2D eigenvalue weighted by Crippen LogP contribution is 2.32. The molecule has 1 aromatic carbocycles. The van der Waals surface area contributed by atoms with Crippen LogP contribution in [0.4, 0.5) is 5.69 Å². The van der Waals surface area contributed by atoms with Gasteiger partial charge < -0.3 is 11.1 Å². The number of nitrogens with one attached hydrogen (secondary N) is 1. The summed E-state index contributed by atoms with van der Waals surface area (Å²) in [6.07, 6.45) is 3.60. The third kappa shape index (κ3) is 3.91. The van der Waals surface area contributed by atoms with Crippen LogP contribution >= 0.6 is 0 Å². The van der Waals surface area contributed by atoms with Gasteiger partial charge in [-0.2, -0.15) is 0 Å². The van der Waals surface area contributed by atoms with Crippen LogP contribution in [0, 0.1) is 5.92 Å². The molecule has 0 saturated heterocycles. The van der Waals surface area contributed by atoms with Crippen LogP contribution in [0.5, 0.6) is 0 Å². The molecular weight excluding hydrogens is 314 g/mol. The van der Waals surface area contributed by atoms with Gasteiger partial charge in [0.25, 0.3) is 0 Å². The highest BCUT2D eigenvalue weighted by atomic mass is 32.2. The third-order valence-electron chi connectivity index (χ3n) is 4.45. The van der Waals surface area contributed by atoms with Gasteiger partial charge in [-0.1, -0.05) is 18.9 Å². The summed E-state index contributed by atoms with van der Waals surface area (Å²) in [4.78, 5) is 12.7. The molecule has 1 saturated carbocycles. The molecule has 0 heterocycles. The second-order valence-corrected chi connectivity index (χ2v) is 8.76. The predicted octanol–water partition coefficient (Wildman–Crippen LogP) is 1.78. The molecule has 1 aliphatic rings. The monoisotopic (exact) mass is 339 g/mol. The maximum absolute atomic E-state index is 12.5. The molecule has 0 radical (unpaired) electrons. The number of sulfonamides is 1. The molecule has 7 heteroatoms. The van der Waals surface area contributed by atoms with Crippen molar-refractivity contribution in [2.24, 2.45) is 11.7 Å². The maximum Gasteiger partial charge on any atom is 0.242 e. The van der Waals surface area contributed by atoms with E-state index in [-0.39, 0.29) is 16.7 Å². The lowest BCUT2D eigenvalue weighted by Gasteiger charge is -2.37. The molecule has 0 aliphatic heterocycles. The Morgan fingerprint density at radius 1 is 1.35 bits per heavy atom. The lowest BCUT2D eigenvalue weighted by molar-refractivity contribution is -0.122. The molecule has 1 aromatic rings. The molecule has 2 atom stereocenters. The molecule has 1 amide bonds. The van der Waals surface area contributed by atoms with Gasteiger partial charge in [0.2, 0.25) is 15.9 Å². The zero-order valence-electron chi connectivity index (χ0n) is 13.9. The molecule has 23 heavy (non-hydrogen) atoms. The topological polar surface area (TPSA) is 92.5 Å². The number of nitrogens with zero attached hydrogens (tertiary/aromatic N) is 1. The number of hydrogen-bond donors (Lipinski definition) is 2. The fraction of sp³-hybridized carbons (Fsp3) is 0.562. The summed E-state index contributed by atoms with van der Waals surface area (Å²) in [6, 6.07) is 6.29. The van der Waals surface area contributed by atoms with Crippen molar-refractivity contribution >= 4 is 21.6 Å². The van der Waals surface area contributed by atoms with Crippen molar-refractivity contribution in [3.8, 4) is 0 Å². The predicted molar refractivity (Wildman–Crippen MR) is 90.5 cm³/mol. The fourth-order valence-electron chi connectivity index (χ4n) is 2.96. The standard InChI is InChI=1S/C16H25N3O3S/c1-16(17)10-5-4-9-14(16)15(20)18-12-7-6-8-13(11-12)23(21,22)19(2)3/h6-8,11,14H,4-5,9-10,17H2,1-3H3,(H,18,20). The number of carbonyl (C=O) groups is 1. The van der Waals surface area contributed by atoms with Crippen molar-refractivity contribution in [1.29, 1.82) is 0 Å². The van der Waals surface area contributed by atoms with Crippen molar-refractivity contribution in [2.75, 3.05) is 19.4 Å². The minimum atomic E-state index is -3.53. The van der Waals surface area contributed by atoms with Crippen molar-refractivity contribution < 1.29 is 13.2 Å². The molecule has 128 valence electrons. The lowest BCUT2D eigenvalue weighted by atomic mass is 9.74. The molecule has 3 N–H and O–H groups in total. The molecule has 6 nitrogen and oxygen atoms in total. The van der Waals surface area contributed by atoms with E-state index in [0.29, 0.717) is 5.69 Å². The normalized spacial score (nSPS) is 25.3. The average Bonchev–Trinajstić information content (AvgIpc) is 2.46. The number of amides is 1. The highest BCUT2D eigenvalue weighted by Gasteiger charge is 2.37. The van der Waals surface area contributed by atoms with Crippen LogP contribution in [0.3, 0.4) is 0 Å². The summed E-state index contributed by atoms with van der Waals surface area (Å²) in [5.41, 5.74) is 6.21. The largest absolute Gasteiger partial charge is 0.326 e. The Morgan fingerprint density at radius 2 is 2.04 bits per heavy atom. The maximum atomic E-state index is 12.5. The number of hydrogen-bond acceptors (Lipinski definition) is 4. The van der Waals surface area contributed by atoms with E-state index in [1.807, 2.05) is 6.92 Å². The van der Waals surface area contributed by atoms with E-state index in [1.165, 1.54) is 26.2 Å². The Kier molecular flexibility index (Phi) is 5.13. The Morgan fingerprint density at radius 3 is 2.65 bits per heavy atom. The van der Waals surface area contributed by atoms with Gasteiger partial charge >= 0.3 is 0 Å². The Balaban J connectivity index is 2.19. The van der Waals surface area contributed by atoms with Crippen LogP contribution in [0.25, 0.3) is 0 Å². The number of anilines is 1. The Labute approximate surface area is 138 Å². The van der Waals surface area contributed by atoms with Gasteiger partial charge in [-0.05, 0) is 38.0 Å². The minimum Gasteiger partial charge on any atom is -0.326 e. The van der Waals surface area contributed by atoms with Gasteiger partial charge in [-0.3, -0.25) is 4.79 Å². The molecule has 0 bridgehead atoms. The second-order valence-electron chi connectivity index (χ2n) is 6.61. The lowest BCUT2D eigenvalue weighted by Crippen LogP contribution is -2.51. The first-order valence-electron chi connectivity index (χ1n) is 7.77. The van der Waals surface area contributed by atoms with Crippen molar-refractivity contribution in [3.05, 3.63) is 24.3 Å². The van der Waals surface area contributed by atoms with Crippen molar-refractivity contribution in [2.45, 2.75) is 43.0 Å². The minimum absolute atomic E-state index is 0.144. The number of benzene rings is 1. The van der Waals surface area contributed by atoms with E-state index in [4.69, 9.17) is 5.73 Å². The first-order valence-corrected chi connectivity index (χ1v) is 9.21. The van der Waals surface area contributed by atoms with Crippen LogP contribution in [0.1, 0.15) is 32.6 Å². The summed E-state index contributed by atoms with van der Waals surface area (Å²) in [7, 11) is -0.576. The zero-order valence-corrected chi connectivity index (χ0v) is 14.7. The van der Waals surface area contributed by atoms with E-state index in [1.54, 1.807) is 12.1 Å². The van der Waals surface area contributed by atoms with E-state index in [2.05, 4.69) is 5.32 Å². The number of rotatable bonds is 4. The third-order valence-corrected chi connectivity index (χ3v) is 6.26. The van der Waals surface area contributed by atoms with Gasteiger partial charge in [0.15, 0.2) is 0 Å². The second kappa shape index (κ2) is 6.59. The summed E-state index contributed by atoms with van der Waals surface area (Å²) in [5, 5.41) is 2.82. The summed E-state index contributed by atoms with van der Waals surface area (Å²) >= 11 is 0. The molecule has 2 unspecified atom stereocenters. The Bertz CT molecular complexity index is 684. The first kappa shape index (κ1) is 17.9. The Hall–Kier alpha value is -1.44. The van der Waals surface area contributed by atoms with Gasteiger partial charge in [-0.15, -0.1) is 0 Å². The summed E-state index contributed by atoms with van der Waals surface area (Å²) in [5.74, 6) is -0.403. The SMILES string of the molecule is CN(C)S(=O)(=O)c1cccc(NC(=O)C2CCCCC2(C)N)c1. The van der Waals surface area contributed by atoms with Crippen LogP contribution in [-0.2, 0) is 14.8 Å². The molecule has 1 fully saturated rings. The summed E-state index contributed by atoms with van der Waals surface area (Å²) in [6.45, 7) is 1.91. The van der Waals surface area contributed by atoms with Crippen molar-refractivity contribution in [3.63, 3.8) is 0 Å². The summed E-state index contributed by atoms with van der Waals surface area (Å²) < 4.78 is 25.5. The van der Waals surface area contributed by atoms with Crippen LogP contribution in [0.15, 0.2) is 29.2 Å². The average molecular weight is 339 g/mol. The van der Waals surface area contributed by atoms with Crippen LogP contribution in [-0.4, -0.2) is 38.3 Å². The molecule has 1 aliphatic carbocycles. The zero-order chi connectivity index (χ0) is 17.3. The van der Waals surface area contributed by atoms with Crippen LogP contribution in [0.2, 0.25) is 0 Å². The molecule has 2 rings (SSSR count).